The van der Waals surface area contributed by atoms with Crippen molar-refractivity contribution in [2.24, 2.45) is 0 Å². The Labute approximate surface area is 163 Å². The second-order valence-corrected chi connectivity index (χ2v) is 6.55. The number of hydrogen-bond donors (Lipinski definition) is 0. The van der Waals surface area contributed by atoms with Gasteiger partial charge in [0.15, 0.2) is 0 Å². The summed E-state index contributed by atoms with van der Waals surface area (Å²) in [6.07, 6.45) is 0.392. The molecule has 0 aliphatic carbocycles. The summed E-state index contributed by atoms with van der Waals surface area (Å²) in [4.78, 5) is 16.4. The zero-order chi connectivity index (χ0) is 19.8. The summed E-state index contributed by atoms with van der Waals surface area (Å²) in [6, 6.07) is 16.2. The van der Waals surface area contributed by atoms with E-state index < -0.39 is 6.61 Å². The predicted octanol–water partition coefficient (Wildman–Crippen LogP) is 3.40. The molecule has 0 atom stereocenters. The van der Waals surface area contributed by atoms with Crippen LogP contribution in [-0.4, -0.2) is 55.1 Å². The van der Waals surface area contributed by atoms with E-state index in [1.54, 1.807) is 23.1 Å². The number of amides is 1. The minimum atomic E-state index is -2.89. The Morgan fingerprint density at radius 1 is 0.964 bits per heavy atom. The lowest BCUT2D eigenvalue weighted by molar-refractivity contribution is -0.131. The van der Waals surface area contributed by atoms with E-state index in [0.29, 0.717) is 38.2 Å². The van der Waals surface area contributed by atoms with E-state index in [4.69, 9.17) is 4.74 Å². The van der Waals surface area contributed by atoms with Crippen LogP contribution in [0.25, 0.3) is 0 Å². The number of ether oxygens (including phenoxy) is 2. The van der Waals surface area contributed by atoms with Crippen LogP contribution in [0.1, 0.15) is 12.0 Å². The lowest BCUT2D eigenvalue weighted by Gasteiger charge is -2.23. The molecule has 2 aromatic rings. The van der Waals surface area contributed by atoms with Gasteiger partial charge in [0.25, 0.3) is 0 Å². The Bertz CT molecular complexity index is 758. The SMILES string of the molecule is O=C1CCN(CCOc2ccccc2)CCN1Cc1ccccc1OC(F)F. The third-order valence-electron chi connectivity index (χ3n) is 4.65. The van der Waals surface area contributed by atoms with Crippen LogP contribution in [0.2, 0.25) is 0 Å². The molecule has 5 nitrogen and oxygen atoms in total. The summed E-state index contributed by atoms with van der Waals surface area (Å²) in [5.41, 5.74) is 0.581. The zero-order valence-corrected chi connectivity index (χ0v) is 15.6. The first kappa shape index (κ1) is 20.1. The molecule has 0 spiro atoms. The molecule has 1 aliphatic rings. The number of alkyl halides is 2. The van der Waals surface area contributed by atoms with E-state index in [2.05, 4.69) is 9.64 Å². The fourth-order valence-electron chi connectivity index (χ4n) is 3.16. The first-order valence-electron chi connectivity index (χ1n) is 9.32. The van der Waals surface area contributed by atoms with Crippen molar-refractivity contribution in [3.63, 3.8) is 0 Å². The highest BCUT2D eigenvalue weighted by atomic mass is 19.3. The smallest absolute Gasteiger partial charge is 0.387 e. The molecule has 0 radical (unpaired) electrons. The molecule has 3 rings (SSSR count). The summed E-state index contributed by atoms with van der Waals surface area (Å²) in [6.45, 7) is 0.541. The lowest BCUT2D eigenvalue weighted by atomic mass is 10.2. The summed E-state index contributed by atoms with van der Waals surface area (Å²) in [5, 5.41) is 0. The van der Waals surface area contributed by atoms with Gasteiger partial charge in [-0.1, -0.05) is 36.4 Å². The average molecular weight is 390 g/mol. The van der Waals surface area contributed by atoms with E-state index in [9.17, 15) is 13.6 Å². The Morgan fingerprint density at radius 3 is 2.50 bits per heavy atom. The number of nitrogens with zero attached hydrogens (tertiary/aromatic N) is 2. The van der Waals surface area contributed by atoms with Crippen molar-refractivity contribution >= 4 is 5.91 Å². The molecule has 1 heterocycles. The maximum atomic E-state index is 12.6. The Kier molecular flexibility index (Phi) is 7.19. The van der Waals surface area contributed by atoms with Crippen LogP contribution in [0.15, 0.2) is 54.6 Å². The molecule has 2 aromatic carbocycles. The van der Waals surface area contributed by atoms with Gasteiger partial charge in [0.2, 0.25) is 5.91 Å². The molecule has 0 N–H and O–H groups in total. The molecule has 1 aliphatic heterocycles. The molecule has 1 amide bonds. The van der Waals surface area contributed by atoms with Gasteiger partial charge < -0.3 is 14.4 Å². The van der Waals surface area contributed by atoms with E-state index in [1.165, 1.54) is 6.07 Å². The Morgan fingerprint density at radius 2 is 1.71 bits per heavy atom. The van der Waals surface area contributed by atoms with E-state index in [0.717, 1.165) is 12.3 Å². The minimum Gasteiger partial charge on any atom is -0.492 e. The largest absolute Gasteiger partial charge is 0.492 e. The van der Waals surface area contributed by atoms with Crippen molar-refractivity contribution < 1.29 is 23.0 Å². The number of carbonyl (C=O) groups is 1. The average Bonchev–Trinajstić information content (AvgIpc) is 2.86. The first-order valence-corrected chi connectivity index (χ1v) is 9.32. The van der Waals surface area contributed by atoms with Crippen LogP contribution in [-0.2, 0) is 11.3 Å². The molecule has 0 unspecified atom stereocenters. The number of halogens is 2. The molecule has 0 saturated carbocycles. The molecule has 7 heteroatoms. The predicted molar refractivity (Wildman–Crippen MR) is 101 cm³/mol. The van der Waals surface area contributed by atoms with Crippen molar-refractivity contribution in [1.82, 2.24) is 9.80 Å². The molecule has 150 valence electrons. The van der Waals surface area contributed by atoms with Crippen molar-refractivity contribution in [2.45, 2.75) is 19.6 Å². The van der Waals surface area contributed by atoms with Gasteiger partial charge in [-0.15, -0.1) is 0 Å². The number of carbonyl (C=O) groups excluding carboxylic acids is 1. The van der Waals surface area contributed by atoms with Gasteiger partial charge in [-0.3, -0.25) is 9.69 Å². The van der Waals surface area contributed by atoms with Crippen LogP contribution in [0.4, 0.5) is 8.78 Å². The second kappa shape index (κ2) is 10.0. The highest BCUT2D eigenvalue weighted by molar-refractivity contribution is 5.76. The molecule has 28 heavy (non-hydrogen) atoms. The molecule has 1 saturated heterocycles. The van der Waals surface area contributed by atoms with Gasteiger partial charge in [-0.2, -0.15) is 8.78 Å². The van der Waals surface area contributed by atoms with Crippen molar-refractivity contribution in [3.8, 4) is 11.5 Å². The summed E-state index contributed by atoms with van der Waals surface area (Å²) >= 11 is 0. The van der Waals surface area contributed by atoms with Crippen LogP contribution in [0.5, 0.6) is 11.5 Å². The van der Waals surface area contributed by atoms with Crippen LogP contribution >= 0.6 is 0 Å². The van der Waals surface area contributed by atoms with Crippen molar-refractivity contribution in [1.29, 1.82) is 0 Å². The quantitative estimate of drug-likeness (QED) is 0.693. The fraction of sp³-hybridized carbons (Fsp3) is 0.381. The summed E-state index contributed by atoms with van der Waals surface area (Å²) < 4.78 is 35.5. The topological polar surface area (TPSA) is 42.0 Å². The molecule has 1 fully saturated rings. The maximum Gasteiger partial charge on any atom is 0.387 e. The number of benzene rings is 2. The molecular weight excluding hydrogens is 366 g/mol. The van der Waals surface area contributed by atoms with Gasteiger partial charge in [0.1, 0.15) is 18.1 Å². The zero-order valence-electron chi connectivity index (χ0n) is 15.6. The summed E-state index contributed by atoms with van der Waals surface area (Å²) in [7, 11) is 0. The monoisotopic (exact) mass is 390 g/mol. The van der Waals surface area contributed by atoms with Gasteiger partial charge in [-0.05, 0) is 18.2 Å². The second-order valence-electron chi connectivity index (χ2n) is 6.55. The summed E-state index contributed by atoms with van der Waals surface area (Å²) in [5.74, 6) is 0.951. The Hall–Kier alpha value is -2.67. The van der Waals surface area contributed by atoms with Gasteiger partial charge in [0.05, 0.1) is 0 Å². The van der Waals surface area contributed by atoms with Gasteiger partial charge in [-0.25, -0.2) is 0 Å². The highest BCUT2D eigenvalue weighted by Gasteiger charge is 2.22. The first-order chi connectivity index (χ1) is 13.6. The van der Waals surface area contributed by atoms with E-state index in [-0.39, 0.29) is 18.2 Å². The Balaban J connectivity index is 1.52. The van der Waals surface area contributed by atoms with Crippen LogP contribution in [0.3, 0.4) is 0 Å². The van der Waals surface area contributed by atoms with Crippen LogP contribution < -0.4 is 9.47 Å². The number of para-hydroxylation sites is 2. The van der Waals surface area contributed by atoms with E-state index >= 15 is 0 Å². The number of hydrogen-bond acceptors (Lipinski definition) is 4. The third kappa shape index (κ3) is 5.92. The van der Waals surface area contributed by atoms with Gasteiger partial charge in [0, 0.05) is 44.7 Å². The van der Waals surface area contributed by atoms with E-state index in [1.807, 2.05) is 30.3 Å². The fourth-order valence-corrected chi connectivity index (χ4v) is 3.16. The van der Waals surface area contributed by atoms with Crippen molar-refractivity contribution in [2.75, 3.05) is 32.8 Å². The molecule has 0 bridgehead atoms. The third-order valence-corrected chi connectivity index (χ3v) is 4.65. The molecular formula is C21H24F2N2O3. The highest BCUT2D eigenvalue weighted by Crippen LogP contribution is 2.22. The normalized spacial score (nSPS) is 15.5. The lowest BCUT2D eigenvalue weighted by Crippen LogP contribution is -2.34. The molecule has 0 aromatic heterocycles. The standard InChI is InChI=1S/C21H24F2N2O3/c22-21(23)28-19-9-5-4-6-17(19)16-25-13-12-24(11-10-20(25)26)14-15-27-18-7-2-1-3-8-18/h1-9,21H,10-16H2. The van der Waals surface area contributed by atoms with Crippen molar-refractivity contribution in [3.05, 3.63) is 60.2 Å². The van der Waals surface area contributed by atoms with Gasteiger partial charge >= 0.3 is 6.61 Å². The van der Waals surface area contributed by atoms with Crippen LogP contribution in [0, 0.1) is 0 Å². The maximum absolute atomic E-state index is 12.6. The number of rotatable bonds is 8. The minimum absolute atomic E-state index is 0.0123.